The fraction of sp³-hybridized carbons (Fsp3) is 0.375. The van der Waals surface area contributed by atoms with Crippen molar-refractivity contribution >= 4 is 5.91 Å². The highest BCUT2D eigenvalue weighted by atomic mass is 16.5. The van der Waals surface area contributed by atoms with E-state index in [1.54, 1.807) is 30.3 Å². The molecule has 2 aromatic carbocycles. The first-order valence-corrected chi connectivity index (χ1v) is 10.8. The summed E-state index contributed by atoms with van der Waals surface area (Å²) in [6.07, 6.45) is 4.42. The molecule has 0 unspecified atom stereocenters. The van der Waals surface area contributed by atoms with E-state index in [2.05, 4.69) is 10.2 Å². The highest BCUT2D eigenvalue weighted by molar-refractivity contribution is 5.98. The van der Waals surface area contributed by atoms with Gasteiger partial charge in [-0.15, -0.1) is 0 Å². The summed E-state index contributed by atoms with van der Waals surface area (Å²) in [7, 11) is 1.51. The zero-order valence-corrected chi connectivity index (χ0v) is 18.4. The number of benzene rings is 2. The number of phenols is 1. The molecule has 0 atom stereocenters. The topological polar surface area (TPSA) is 106 Å². The fourth-order valence-corrected chi connectivity index (χ4v) is 3.97. The molecule has 0 aliphatic heterocycles. The Morgan fingerprint density at radius 3 is 2.59 bits per heavy atom. The fourth-order valence-electron chi connectivity index (χ4n) is 3.97. The van der Waals surface area contributed by atoms with Crippen molar-refractivity contribution in [2.24, 2.45) is 0 Å². The Hall–Kier alpha value is -3.55. The van der Waals surface area contributed by atoms with E-state index in [-0.39, 0.29) is 29.2 Å². The number of aromatic nitrogens is 3. The summed E-state index contributed by atoms with van der Waals surface area (Å²) in [5.74, 6) is 0.578. The van der Waals surface area contributed by atoms with Crippen LogP contribution in [0, 0.1) is 0 Å². The first kappa shape index (κ1) is 21.7. The van der Waals surface area contributed by atoms with Crippen molar-refractivity contribution in [3.63, 3.8) is 0 Å². The van der Waals surface area contributed by atoms with Crippen LogP contribution in [0.25, 0.3) is 11.4 Å². The molecule has 32 heavy (non-hydrogen) atoms. The van der Waals surface area contributed by atoms with Crippen LogP contribution in [0.2, 0.25) is 0 Å². The maximum atomic E-state index is 13.3. The molecule has 8 heteroatoms. The number of nitrogens with zero attached hydrogens (tertiary/aromatic N) is 2. The number of H-pyrrole nitrogens is 1. The lowest BCUT2D eigenvalue weighted by molar-refractivity contribution is 0.0957. The Morgan fingerprint density at radius 2 is 1.91 bits per heavy atom. The third kappa shape index (κ3) is 4.12. The minimum atomic E-state index is -0.690. The van der Waals surface area contributed by atoms with E-state index in [9.17, 15) is 14.7 Å². The lowest BCUT2D eigenvalue weighted by Gasteiger charge is -2.16. The average Bonchev–Trinajstić information content (AvgIpc) is 3.43. The molecule has 1 saturated carbocycles. The van der Waals surface area contributed by atoms with Gasteiger partial charge in [0.25, 0.3) is 5.91 Å². The van der Waals surface area contributed by atoms with Crippen molar-refractivity contribution in [2.45, 2.75) is 51.6 Å². The Bertz CT molecular complexity index is 1190. The number of methoxy groups -OCH3 is 1. The molecule has 2 N–H and O–H groups in total. The number of hydrogen-bond donors (Lipinski definition) is 2. The third-order valence-electron chi connectivity index (χ3n) is 5.81. The number of carbonyl (C=O) groups excluding carboxylic acids is 1. The third-order valence-corrected chi connectivity index (χ3v) is 5.81. The lowest BCUT2D eigenvalue weighted by Crippen LogP contribution is -2.26. The summed E-state index contributed by atoms with van der Waals surface area (Å²) < 4.78 is 12.4. The van der Waals surface area contributed by atoms with Crippen molar-refractivity contribution in [3.05, 3.63) is 58.0 Å². The Balaban J connectivity index is 1.71. The summed E-state index contributed by atoms with van der Waals surface area (Å²) in [5, 5.41) is 16.7. The van der Waals surface area contributed by atoms with Crippen LogP contribution >= 0.6 is 0 Å². The van der Waals surface area contributed by atoms with Gasteiger partial charge >= 0.3 is 5.69 Å². The van der Waals surface area contributed by atoms with Crippen LogP contribution in [0.5, 0.6) is 17.2 Å². The van der Waals surface area contributed by atoms with Gasteiger partial charge in [-0.2, -0.15) is 5.10 Å². The van der Waals surface area contributed by atoms with E-state index < -0.39 is 11.6 Å². The second-order valence-corrected chi connectivity index (χ2v) is 8.31. The van der Waals surface area contributed by atoms with Crippen molar-refractivity contribution in [3.8, 4) is 28.6 Å². The summed E-state index contributed by atoms with van der Waals surface area (Å²) in [6, 6.07) is 9.92. The summed E-state index contributed by atoms with van der Waals surface area (Å²) in [5.41, 5.74) is 0.799. The minimum Gasteiger partial charge on any atom is -0.507 e. The molecule has 0 spiro atoms. The predicted octanol–water partition coefficient (Wildman–Crippen LogP) is 4.09. The Labute approximate surface area is 185 Å². The normalized spacial score (nSPS) is 14.1. The number of hydrogen-bond acceptors (Lipinski definition) is 6. The second-order valence-electron chi connectivity index (χ2n) is 8.31. The standard InChI is InChI=1S/C24H27N3O5/c1-14(2)15-8-10-19(28)18(12-15)22-25-26-24(30)27(22)23(29)16-9-11-20(21(13-16)31-3)32-17-6-4-5-7-17/h8-14,17,28H,4-7H2,1-3H3,(H,26,30). The number of aromatic amines is 1. The molecule has 0 radical (unpaired) electrons. The van der Waals surface area contributed by atoms with Crippen LogP contribution in [0.1, 0.15) is 61.4 Å². The van der Waals surface area contributed by atoms with Gasteiger partial charge in [-0.3, -0.25) is 4.79 Å². The molecule has 1 aliphatic rings. The molecule has 0 amide bonds. The van der Waals surface area contributed by atoms with Gasteiger partial charge in [-0.25, -0.2) is 14.5 Å². The van der Waals surface area contributed by atoms with Gasteiger partial charge in [0.05, 0.1) is 18.8 Å². The highest BCUT2D eigenvalue weighted by Crippen LogP contribution is 2.34. The number of carbonyl (C=O) groups is 1. The van der Waals surface area contributed by atoms with Crippen molar-refractivity contribution < 1.29 is 19.4 Å². The molecule has 1 heterocycles. The van der Waals surface area contributed by atoms with Crippen LogP contribution in [0.4, 0.5) is 0 Å². The summed E-state index contributed by atoms with van der Waals surface area (Å²) in [6.45, 7) is 4.03. The van der Waals surface area contributed by atoms with Crippen LogP contribution < -0.4 is 15.2 Å². The van der Waals surface area contributed by atoms with Gasteiger partial charge in [-0.1, -0.05) is 19.9 Å². The zero-order valence-electron chi connectivity index (χ0n) is 18.4. The average molecular weight is 437 g/mol. The zero-order chi connectivity index (χ0) is 22.8. The van der Waals surface area contributed by atoms with E-state index in [4.69, 9.17) is 9.47 Å². The van der Waals surface area contributed by atoms with Gasteiger partial charge in [0, 0.05) is 5.56 Å². The molecule has 1 fully saturated rings. The van der Waals surface area contributed by atoms with E-state index in [0.29, 0.717) is 17.1 Å². The van der Waals surface area contributed by atoms with Crippen molar-refractivity contribution in [1.82, 2.24) is 14.8 Å². The molecule has 4 rings (SSSR count). The van der Waals surface area contributed by atoms with Gasteiger partial charge < -0.3 is 14.6 Å². The Kier molecular flexibility index (Phi) is 6.03. The summed E-state index contributed by atoms with van der Waals surface area (Å²) in [4.78, 5) is 25.8. The number of rotatable bonds is 6. The van der Waals surface area contributed by atoms with Crippen LogP contribution in [0.3, 0.4) is 0 Å². The first-order valence-electron chi connectivity index (χ1n) is 10.8. The molecular formula is C24H27N3O5. The monoisotopic (exact) mass is 437 g/mol. The molecular weight excluding hydrogens is 410 g/mol. The molecule has 0 saturated heterocycles. The maximum Gasteiger partial charge on any atom is 0.350 e. The molecule has 168 valence electrons. The predicted molar refractivity (Wildman–Crippen MR) is 120 cm³/mol. The molecule has 1 aliphatic carbocycles. The van der Waals surface area contributed by atoms with E-state index >= 15 is 0 Å². The number of nitrogens with one attached hydrogen (secondary N) is 1. The SMILES string of the molecule is COc1cc(C(=O)n2c(-c3cc(C(C)C)ccc3O)n[nH]c2=O)ccc1OC1CCCC1. The molecule has 8 nitrogen and oxygen atoms in total. The van der Waals surface area contributed by atoms with Crippen molar-refractivity contribution in [2.75, 3.05) is 7.11 Å². The van der Waals surface area contributed by atoms with Gasteiger partial charge in [-0.05, 0) is 67.5 Å². The largest absolute Gasteiger partial charge is 0.507 e. The highest BCUT2D eigenvalue weighted by Gasteiger charge is 2.24. The minimum absolute atomic E-state index is 0.0465. The summed E-state index contributed by atoms with van der Waals surface area (Å²) >= 11 is 0. The molecule has 0 bridgehead atoms. The van der Waals surface area contributed by atoms with Crippen LogP contribution in [0.15, 0.2) is 41.2 Å². The van der Waals surface area contributed by atoms with Crippen molar-refractivity contribution in [1.29, 1.82) is 0 Å². The molecule has 3 aromatic rings. The quantitative estimate of drug-likeness (QED) is 0.602. The molecule has 1 aromatic heterocycles. The second kappa shape index (κ2) is 8.90. The van der Waals surface area contributed by atoms with E-state index in [1.807, 2.05) is 13.8 Å². The van der Waals surface area contributed by atoms with Crippen LogP contribution in [-0.4, -0.2) is 39.0 Å². The van der Waals surface area contributed by atoms with Crippen LogP contribution in [-0.2, 0) is 0 Å². The smallest absolute Gasteiger partial charge is 0.350 e. The van der Waals surface area contributed by atoms with Gasteiger partial charge in [0.15, 0.2) is 17.3 Å². The first-order chi connectivity index (χ1) is 15.4. The van der Waals surface area contributed by atoms with E-state index in [0.717, 1.165) is 35.8 Å². The maximum absolute atomic E-state index is 13.3. The number of ether oxygens (including phenoxy) is 2. The van der Waals surface area contributed by atoms with Gasteiger partial charge in [0.1, 0.15) is 5.75 Å². The van der Waals surface area contributed by atoms with E-state index in [1.165, 1.54) is 13.2 Å². The number of phenolic OH excluding ortho intramolecular Hbond substituents is 1. The van der Waals surface area contributed by atoms with Gasteiger partial charge in [0.2, 0.25) is 0 Å². The Morgan fingerprint density at radius 1 is 1.16 bits per heavy atom. The lowest BCUT2D eigenvalue weighted by atomic mass is 10.00. The number of aromatic hydroxyl groups is 1.